The van der Waals surface area contributed by atoms with Crippen molar-refractivity contribution in [3.8, 4) is 0 Å². The van der Waals surface area contributed by atoms with Crippen LogP contribution in [-0.4, -0.2) is 29.7 Å². The second kappa shape index (κ2) is 10.1. The number of thiophene rings is 1. The molecule has 3 aromatic rings. The van der Waals surface area contributed by atoms with Crippen molar-refractivity contribution in [1.82, 2.24) is 4.57 Å². The third-order valence-corrected chi connectivity index (χ3v) is 7.62. The molecule has 8 heteroatoms. The molecule has 0 saturated heterocycles. The van der Waals surface area contributed by atoms with Crippen LogP contribution in [-0.2, 0) is 9.53 Å². The molecule has 0 saturated carbocycles. The van der Waals surface area contributed by atoms with E-state index in [0.29, 0.717) is 20.6 Å². The van der Waals surface area contributed by atoms with Gasteiger partial charge in [0.05, 0.1) is 21.9 Å². The van der Waals surface area contributed by atoms with E-state index in [-0.39, 0.29) is 11.7 Å². The molecule has 34 heavy (non-hydrogen) atoms. The molecule has 3 heterocycles. The number of anilines is 1. The first kappa shape index (κ1) is 24.2. The molecule has 0 bridgehead atoms. The Morgan fingerprint density at radius 2 is 1.91 bits per heavy atom. The summed E-state index contributed by atoms with van der Waals surface area (Å²) in [5.74, 6) is -0.434. The van der Waals surface area contributed by atoms with Gasteiger partial charge in [-0.2, -0.15) is 0 Å². The molecule has 0 amide bonds. The van der Waals surface area contributed by atoms with Gasteiger partial charge in [0, 0.05) is 23.7 Å². The second-order valence-electron chi connectivity index (χ2n) is 8.32. The van der Waals surface area contributed by atoms with Crippen LogP contribution in [0.4, 0.5) is 5.69 Å². The Morgan fingerprint density at radius 1 is 1.21 bits per heavy atom. The molecule has 0 N–H and O–H groups in total. The summed E-state index contributed by atoms with van der Waals surface area (Å²) in [4.78, 5) is 35.0. The Hall–Kier alpha value is -2.97. The van der Waals surface area contributed by atoms with Crippen LogP contribution in [0.2, 0.25) is 0 Å². The third-order valence-electron chi connectivity index (χ3n) is 5.72. The number of hydrogen-bond donors (Lipinski definition) is 0. The van der Waals surface area contributed by atoms with Crippen LogP contribution in [0.3, 0.4) is 0 Å². The first-order valence-electron chi connectivity index (χ1n) is 11.5. The number of hydrogen-bond acceptors (Lipinski definition) is 7. The predicted molar refractivity (Wildman–Crippen MR) is 139 cm³/mol. The molecule has 0 fully saturated rings. The summed E-state index contributed by atoms with van der Waals surface area (Å²) in [6.45, 7) is 11.6. The number of aromatic nitrogens is 1. The minimum absolute atomic E-state index is 0.155. The zero-order valence-electron chi connectivity index (χ0n) is 20.1. The van der Waals surface area contributed by atoms with Gasteiger partial charge in [-0.05, 0) is 69.8 Å². The van der Waals surface area contributed by atoms with Crippen LogP contribution in [0.15, 0.2) is 62.8 Å². The van der Waals surface area contributed by atoms with Gasteiger partial charge in [0.2, 0.25) is 0 Å². The van der Waals surface area contributed by atoms with Gasteiger partial charge in [-0.25, -0.2) is 9.79 Å². The molecule has 0 spiro atoms. The van der Waals surface area contributed by atoms with Crippen molar-refractivity contribution in [2.45, 2.75) is 46.8 Å². The maximum Gasteiger partial charge on any atom is 0.338 e. The Morgan fingerprint density at radius 3 is 2.50 bits per heavy atom. The van der Waals surface area contributed by atoms with E-state index in [1.54, 1.807) is 11.5 Å². The van der Waals surface area contributed by atoms with Crippen LogP contribution in [0.5, 0.6) is 0 Å². The van der Waals surface area contributed by atoms with Crippen molar-refractivity contribution in [3.05, 3.63) is 83.2 Å². The molecule has 6 nitrogen and oxygen atoms in total. The first-order valence-corrected chi connectivity index (χ1v) is 13.2. The summed E-state index contributed by atoms with van der Waals surface area (Å²) >= 11 is 2.86. The highest BCUT2D eigenvalue weighted by Gasteiger charge is 2.34. The van der Waals surface area contributed by atoms with Crippen LogP contribution in [0.1, 0.15) is 51.1 Å². The topological polar surface area (TPSA) is 63.9 Å². The molecule has 1 unspecified atom stereocenters. The van der Waals surface area contributed by atoms with E-state index < -0.39 is 12.0 Å². The second-order valence-corrected chi connectivity index (χ2v) is 10.3. The van der Waals surface area contributed by atoms with Crippen molar-refractivity contribution in [2.24, 2.45) is 4.99 Å². The van der Waals surface area contributed by atoms with Gasteiger partial charge < -0.3 is 9.64 Å². The minimum atomic E-state index is -0.547. The smallest absolute Gasteiger partial charge is 0.338 e. The van der Waals surface area contributed by atoms with Crippen molar-refractivity contribution in [1.29, 1.82) is 0 Å². The Kier molecular flexibility index (Phi) is 7.19. The lowest BCUT2D eigenvalue weighted by molar-refractivity contribution is -0.143. The standard InChI is InChI=1S/C26H29N3O3S2/c1-6-28(7-2)19-12-10-18(11-13-19)15-21-24(30)29-23(20-9-8-14-33-20)22(25(31)32-16(3)4)17(5)27-26(29)34-21/h8-16,23H,6-7H2,1-5H3/b21-15-. The number of rotatable bonds is 7. The lowest BCUT2D eigenvalue weighted by Crippen LogP contribution is -2.39. The Balaban J connectivity index is 1.81. The average molecular weight is 496 g/mol. The highest BCUT2D eigenvalue weighted by Crippen LogP contribution is 2.33. The molecule has 0 aliphatic carbocycles. The minimum Gasteiger partial charge on any atom is -0.459 e. The molecular formula is C26H29N3O3S2. The summed E-state index contributed by atoms with van der Waals surface area (Å²) in [6.07, 6.45) is 1.63. The number of benzene rings is 1. The molecule has 1 aromatic carbocycles. The zero-order chi connectivity index (χ0) is 24.4. The summed E-state index contributed by atoms with van der Waals surface area (Å²) in [7, 11) is 0. The number of fused-ring (bicyclic) bond motifs is 1. The molecule has 178 valence electrons. The van der Waals surface area contributed by atoms with E-state index in [2.05, 4.69) is 35.9 Å². The fourth-order valence-electron chi connectivity index (χ4n) is 4.10. The van der Waals surface area contributed by atoms with Crippen molar-refractivity contribution in [3.63, 3.8) is 0 Å². The number of allylic oxidation sites excluding steroid dienone is 1. The number of carbonyl (C=O) groups is 1. The zero-order valence-corrected chi connectivity index (χ0v) is 21.7. The fourth-order valence-corrected chi connectivity index (χ4v) is 5.97. The Bertz CT molecular complexity index is 1380. The fraction of sp³-hybridized carbons (Fsp3) is 0.346. The normalized spacial score (nSPS) is 15.9. The quantitative estimate of drug-likeness (QED) is 0.463. The lowest BCUT2D eigenvalue weighted by atomic mass is 10.0. The first-order chi connectivity index (χ1) is 16.3. The molecule has 4 rings (SSSR count). The number of carbonyl (C=O) groups excluding carboxylic acids is 1. The van der Waals surface area contributed by atoms with Crippen molar-refractivity contribution in [2.75, 3.05) is 18.0 Å². The van der Waals surface area contributed by atoms with Crippen molar-refractivity contribution >= 4 is 40.4 Å². The van der Waals surface area contributed by atoms with Gasteiger partial charge >= 0.3 is 5.97 Å². The van der Waals surface area contributed by atoms with Gasteiger partial charge in [0.1, 0.15) is 6.04 Å². The van der Waals surface area contributed by atoms with E-state index in [0.717, 1.165) is 29.2 Å². The molecular weight excluding hydrogens is 466 g/mol. The SMILES string of the molecule is CCN(CC)c1ccc(/C=c2\sc3n(c2=O)C(c2cccs2)C(C(=O)OC(C)C)=C(C)N=3)cc1. The van der Waals surface area contributed by atoms with Crippen LogP contribution in [0, 0.1) is 0 Å². The molecule has 2 aromatic heterocycles. The maximum absolute atomic E-state index is 13.6. The van der Waals surface area contributed by atoms with E-state index in [1.807, 2.05) is 49.6 Å². The van der Waals surface area contributed by atoms with Gasteiger partial charge in [0.15, 0.2) is 4.80 Å². The van der Waals surface area contributed by atoms with Crippen LogP contribution < -0.4 is 19.8 Å². The van der Waals surface area contributed by atoms with Gasteiger partial charge in [0.25, 0.3) is 5.56 Å². The monoisotopic (exact) mass is 495 g/mol. The van der Waals surface area contributed by atoms with Crippen LogP contribution in [0.25, 0.3) is 6.08 Å². The predicted octanol–water partition coefficient (Wildman–Crippen LogP) is 4.09. The van der Waals surface area contributed by atoms with E-state index >= 15 is 0 Å². The summed E-state index contributed by atoms with van der Waals surface area (Å²) in [6, 6.07) is 11.5. The summed E-state index contributed by atoms with van der Waals surface area (Å²) in [5.41, 5.74) is 2.95. The summed E-state index contributed by atoms with van der Waals surface area (Å²) < 4.78 is 7.74. The third kappa shape index (κ3) is 4.65. The molecule has 0 radical (unpaired) electrons. The number of thiazole rings is 1. The number of esters is 1. The maximum atomic E-state index is 13.6. The number of ether oxygens (including phenoxy) is 1. The van der Waals surface area contributed by atoms with E-state index in [1.165, 1.54) is 22.7 Å². The average Bonchev–Trinajstić information content (AvgIpc) is 3.43. The van der Waals surface area contributed by atoms with E-state index in [9.17, 15) is 9.59 Å². The highest BCUT2D eigenvalue weighted by atomic mass is 32.1. The van der Waals surface area contributed by atoms with Gasteiger partial charge in [-0.1, -0.05) is 29.5 Å². The largest absolute Gasteiger partial charge is 0.459 e. The summed E-state index contributed by atoms with van der Waals surface area (Å²) in [5, 5.41) is 1.95. The van der Waals surface area contributed by atoms with E-state index in [4.69, 9.17) is 4.74 Å². The van der Waals surface area contributed by atoms with Gasteiger partial charge in [-0.15, -0.1) is 11.3 Å². The highest BCUT2D eigenvalue weighted by molar-refractivity contribution is 7.10. The molecule has 1 aliphatic heterocycles. The van der Waals surface area contributed by atoms with Crippen LogP contribution >= 0.6 is 22.7 Å². The van der Waals surface area contributed by atoms with Gasteiger partial charge in [-0.3, -0.25) is 9.36 Å². The van der Waals surface area contributed by atoms with Crippen molar-refractivity contribution < 1.29 is 9.53 Å². The molecule has 1 aliphatic rings. The Labute approximate surface area is 207 Å². The molecule has 1 atom stereocenters. The number of nitrogens with zero attached hydrogens (tertiary/aromatic N) is 3. The lowest BCUT2D eigenvalue weighted by Gasteiger charge is -2.24.